The molecule has 0 saturated heterocycles. The first-order valence-corrected chi connectivity index (χ1v) is 5.72. The Morgan fingerprint density at radius 3 is 2.71 bits per heavy atom. The van der Waals surface area contributed by atoms with Crippen LogP contribution < -0.4 is 0 Å². The molecule has 1 aromatic heterocycles. The highest BCUT2D eigenvalue weighted by atomic mass is 35.5. The van der Waals surface area contributed by atoms with E-state index in [9.17, 15) is 4.79 Å². The van der Waals surface area contributed by atoms with Crippen LogP contribution in [0.3, 0.4) is 0 Å². The third-order valence-corrected chi connectivity index (χ3v) is 2.45. The van der Waals surface area contributed by atoms with Crippen molar-refractivity contribution < 1.29 is 14.6 Å². The van der Waals surface area contributed by atoms with Crippen molar-refractivity contribution in [2.75, 3.05) is 6.61 Å². The SMILES string of the molecule is CCOC(c1ncc(Cl)c(C(=O)O)n1)C(C)C. The zero-order valence-electron chi connectivity index (χ0n) is 9.98. The molecule has 0 amide bonds. The molecular formula is C11H15ClN2O3. The highest BCUT2D eigenvalue weighted by Crippen LogP contribution is 2.24. The van der Waals surface area contributed by atoms with Crippen LogP contribution in [0, 0.1) is 5.92 Å². The third-order valence-electron chi connectivity index (χ3n) is 2.17. The van der Waals surface area contributed by atoms with Gasteiger partial charge in [0.1, 0.15) is 6.10 Å². The first kappa shape index (κ1) is 13.9. The van der Waals surface area contributed by atoms with Gasteiger partial charge in [0.2, 0.25) is 0 Å². The van der Waals surface area contributed by atoms with E-state index in [0.717, 1.165) is 0 Å². The smallest absolute Gasteiger partial charge is 0.356 e. The van der Waals surface area contributed by atoms with Crippen LogP contribution in [0.4, 0.5) is 0 Å². The van der Waals surface area contributed by atoms with Gasteiger partial charge in [-0.15, -0.1) is 0 Å². The highest BCUT2D eigenvalue weighted by molar-refractivity contribution is 6.33. The maximum atomic E-state index is 10.9. The summed E-state index contributed by atoms with van der Waals surface area (Å²) in [5.41, 5.74) is -0.193. The van der Waals surface area contributed by atoms with Crippen molar-refractivity contribution in [3.63, 3.8) is 0 Å². The van der Waals surface area contributed by atoms with Crippen LogP contribution in [0.15, 0.2) is 6.20 Å². The Morgan fingerprint density at radius 2 is 2.24 bits per heavy atom. The van der Waals surface area contributed by atoms with Crippen LogP contribution in [0.25, 0.3) is 0 Å². The minimum atomic E-state index is -1.17. The van der Waals surface area contributed by atoms with E-state index in [2.05, 4.69) is 9.97 Å². The summed E-state index contributed by atoms with van der Waals surface area (Å²) in [6.07, 6.45) is 0.970. The van der Waals surface area contributed by atoms with E-state index < -0.39 is 5.97 Å². The average molecular weight is 259 g/mol. The molecule has 0 saturated carbocycles. The molecule has 1 aromatic rings. The number of nitrogens with zero attached hydrogens (tertiary/aromatic N) is 2. The van der Waals surface area contributed by atoms with E-state index in [0.29, 0.717) is 12.4 Å². The fourth-order valence-electron chi connectivity index (χ4n) is 1.41. The van der Waals surface area contributed by atoms with Gasteiger partial charge < -0.3 is 9.84 Å². The molecule has 0 aliphatic rings. The molecule has 0 fully saturated rings. The van der Waals surface area contributed by atoms with Crippen molar-refractivity contribution in [2.24, 2.45) is 5.92 Å². The molecule has 0 aromatic carbocycles. The Hall–Kier alpha value is -1.20. The number of halogens is 1. The molecule has 94 valence electrons. The van der Waals surface area contributed by atoms with Gasteiger partial charge in [-0.3, -0.25) is 0 Å². The lowest BCUT2D eigenvalue weighted by Gasteiger charge is -2.19. The fourth-order valence-corrected chi connectivity index (χ4v) is 1.58. The Morgan fingerprint density at radius 1 is 1.59 bits per heavy atom. The van der Waals surface area contributed by atoms with Gasteiger partial charge in [-0.2, -0.15) is 0 Å². The molecule has 0 spiro atoms. The third kappa shape index (κ3) is 3.38. The van der Waals surface area contributed by atoms with Gasteiger partial charge in [0, 0.05) is 6.61 Å². The Bertz CT molecular complexity index is 410. The number of aromatic carboxylic acids is 1. The maximum absolute atomic E-state index is 10.9. The molecule has 0 aliphatic carbocycles. The molecule has 1 unspecified atom stereocenters. The first-order valence-electron chi connectivity index (χ1n) is 5.34. The molecule has 1 atom stereocenters. The largest absolute Gasteiger partial charge is 0.476 e. The molecule has 0 radical (unpaired) electrons. The van der Waals surface area contributed by atoms with Crippen LogP contribution in [-0.2, 0) is 4.74 Å². The number of rotatable bonds is 5. The molecule has 1 N–H and O–H groups in total. The number of carbonyl (C=O) groups is 1. The average Bonchev–Trinajstić information content (AvgIpc) is 2.26. The number of carboxylic acids is 1. The molecule has 0 bridgehead atoms. The first-order chi connectivity index (χ1) is 7.97. The predicted octanol–water partition coefficient (Wildman–Crippen LogP) is 2.56. The zero-order valence-corrected chi connectivity index (χ0v) is 10.7. The fraction of sp³-hybridized carbons (Fsp3) is 0.545. The number of hydrogen-bond donors (Lipinski definition) is 1. The summed E-state index contributed by atoms with van der Waals surface area (Å²) in [4.78, 5) is 18.9. The van der Waals surface area contributed by atoms with Crippen LogP contribution >= 0.6 is 11.6 Å². The maximum Gasteiger partial charge on any atom is 0.356 e. The highest BCUT2D eigenvalue weighted by Gasteiger charge is 2.22. The topological polar surface area (TPSA) is 72.3 Å². The summed E-state index contributed by atoms with van der Waals surface area (Å²) >= 11 is 5.71. The number of aromatic nitrogens is 2. The van der Waals surface area contributed by atoms with Gasteiger partial charge >= 0.3 is 5.97 Å². The lowest BCUT2D eigenvalue weighted by atomic mass is 10.1. The second-order valence-electron chi connectivity index (χ2n) is 3.85. The van der Waals surface area contributed by atoms with E-state index >= 15 is 0 Å². The lowest BCUT2D eigenvalue weighted by molar-refractivity contribution is 0.0229. The van der Waals surface area contributed by atoms with Gasteiger partial charge in [0.25, 0.3) is 0 Å². The monoisotopic (exact) mass is 258 g/mol. The summed E-state index contributed by atoms with van der Waals surface area (Å²) in [7, 11) is 0. The zero-order chi connectivity index (χ0) is 13.0. The Kier molecular flexibility index (Phi) is 4.84. The van der Waals surface area contributed by atoms with Crippen LogP contribution in [0.5, 0.6) is 0 Å². The molecule has 0 aliphatic heterocycles. The molecule has 6 heteroatoms. The second kappa shape index (κ2) is 5.93. The van der Waals surface area contributed by atoms with Gasteiger partial charge in [-0.1, -0.05) is 25.4 Å². The summed E-state index contributed by atoms with van der Waals surface area (Å²) in [5, 5.41) is 8.95. The van der Waals surface area contributed by atoms with E-state index in [-0.39, 0.29) is 22.7 Å². The second-order valence-corrected chi connectivity index (χ2v) is 4.26. The number of hydrogen-bond acceptors (Lipinski definition) is 4. The van der Waals surface area contributed by atoms with Crippen molar-refractivity contribution in [3.8, 4) is 0 Å². The molecule has 17 heavy (non-hydrogen) atoms. The van der Waals surface area contributed by atoms with E-state index in [1.807, 2.05) is 20.8 Å². The minimum absolute atomic E-state index is 0.0280. The summed E-state index contributed by atoms with van der Waals surface area (Å²) in [5.74, 6) is -0.668. The number of ether oxygens (including phenoxy) is 1. The molecule has 1 rings (SSSR count). The van der Waals surface area contributed by atoms with Gasteiger partial charge in [0.15, 0.2) is 11.5 Å². The summed E-state index contributed by atoms with van der Waals surface area (Å²) < 4.78 is 5.50. The van der Waals surface area contributed by atoms with Crippen molar-refractivity contribution in [1.29, 1.82) is 0 Å². The molecular weight excluding hydrogens is 244 g/mol. The van der Waals surface area contributed by atoms with Crippen LogP contribution in [0.1, 0.15) is 43.2 Å². The van der Waals surface area contributed by atoms with Crippen LogP contribution in [0.2, 0.25) is 5.02 Å². The standard InChI is InChI=1S/C11H15ClN2O3/c1-4-17-9(6(2)3)10-13-5-7(12)8(14-10)11(15)16/h5-6,9H,4H2,1-3H3,(H,15,16). The van der Waals surface area contributed by atoms with Gasteiger partial charge in [-0.25, -0.2) is 14.8 Å². The van der Waals surface area contributed by atoms with Crippen LogP contribution in [-0.4, -0.2) is 27.7 Å². The Labute approximate surface area is 105 Å². The van der Waals surface area contributed by atoms with Gasteiger partial charge in [-0.05, 0) is 12.8 Å². The van der Waals surface area contributed by atoms with Crippen molar-refractivity contribution in [2.45, 2.75) is 26.9 Å². The van der Waals surface area contributed by atoms with Gasteiger partial charge in [0.05, 0.1) is 11.2 Å². The molecule has 5 nitrogen and oxygen atoms in total. The van der Waals surface area contributed by atoms with Crippen molar-refractivity contribution >= 4 is 17.6 Å². The van der Waals surface area contributed by atoms with Crippen molar-refractivity contribution in [3.05, 3.63) is 22.7 Å². The van der Waals surface area contributed by atoms with Crippen molar-refractivity contribution in [1.82, 2.24) is 9.97 Å². The van der Waals surface area contributed by atoms with E-state index in [1.165, 1.54) is 6.20 Å². The summed E-state index contributed by atoms with van der Waals surface area (Å²) in [6.45, 7) is 6.29. The van der Waals surface area contributed by atoms with E-state index in [1.54, 1.807) is 0 Å². The normalized spacial score (nSPS) is 12.8. The Balaban J connectivity index is 3.12. The predicted molar refractivity (Wildman–Crippen MR) is 63.2 cm³/mol. The quantitative estimate of drug-likeness (QED) is 0.879. The summed E-state index contributed by atoms with van der Waals surface area (Å²) in [6, 6.07) is 0. The lowest BCUT2D eigenvalue weighted by Crippen LogP contribution is -2.16. The minimum Gasteiger partial charge on any atom is -0.476 e. The molecule has 1 heterocycles. The van der Waals surface area contributed by atoms with E-state index in [4.69, 9.17) is 21.4 Å². The number of carboxylic acid groups (broad SMARTS) is 1.